The molecule has 6 heteroatoms. The first-order chi connectivity index (χ1) is 28.0. The van der Waals surface area contributed by atoms with Gasteiger partial charge in [-0.1, -0.05) is 231 Å². The fourth-order valence-corrected chi connectivity index (χ4v) is 7.20. The summed E-state index contributed by atoms with van der Waals surface area (Å²) in [6.45, 7) is 6.58. The van der Waals surface area contributed by atoms with Crippen LogP contribution in [-0.4, -0.2) is 37.2 Å². The fraction of sp³-hybridized carbons (Fsp3) is 0.863. The van der Waals surface area contributed by atoms with Crippen LogP contribution in [-0.2, 0) is 28.6 Å². The van der Waals surface area contributed by atoms with Crippen molar-refractivity contribution in [2.24, 2.45) is 0 Å². The van der Waals surface area contributed by atoms with E-state index in [-0.39, 0.29) is 37.5 Å². The molecule has 0 fully saturated rings. The number of carbonyl (C=O) groups excluding carboxylic acids is 3. The van der Waals surface area contributed by atoms with Crippen LogP contribution in [0.3, 0.4) is 0 Å². The van der Waals surface area contributed by atoms with Crippen molar-refractivity contribution < 1.29 is 28.6 Å². The summed E-state index contributed by atoms with van der Waals surface area (Å²) in [6.07, 6.45) is 51.8. The summed E-state index contributed by atoms with van der Waals surface area (Å²) in [6, 6.07) is 0. The first kappa shape index (κ1) is 54.9. The highest BCUT2D eigenvalue weighted by Crippen LogP contribution is 2.16. The number of hydrogen-bond acceptors (Lipinski definition) is 6. The second-order valence-corrected chi connectivity index (χ2v) is 16.7. The average Bonchev–Trinajstić information content (AvgIpc) is 3.21. The molecule has 1 unspecified atom stereocenters. The van der Waals surface area contributed by atoms with Crippen LogP contribution in [0.2, 0.25) is 0 Å². The van der Waals surface area contributed by atoms with Crippen molar-refractivity contribution in [2.45, 2.75) is 271 Å². The van der Waals surface area contributed by atoms with Crippen molar-refractivity contribution in [2.75, 3.05) is 13.2 Å². The van der Waals surface area contributed by atoms with Gasteiger partial charge < -0.3 is 14.2 Å². The Morgan fingerprint density at radius 3 is 1.04 bits per heavy atom. The van der Waals surface area contributed by atoms with Crippen molar-refractivity contribution in [1.29, 1.82) is 0 Å². The molecule has 0 amide bonds. The number of ether oxygens (including phenoxy) is 3. The second-order valence-electron chi connectivity index (χ2n) is 16.7. The molecule has 0 radical (unpaired) electrons. The Morgan fingerprint density at radius 1 is 0.351 bits per heavy atom. The van der Waals surface area contributed by atoms with Crippen LogP contribution in [0.15, 0.2) is 24.3 Å². The lowest BCUT2D eigenvalue weighted by molar-refractivity contribution is -0.166. The molecule has 0 N–H and O–H groups in total. The van der Waals surface area contributed by atoms with E-state index in [1.165, 1.54) is 167 Å². The van der Waals surface area contributed by atoms with Crippen molar-refractivity contribution in [1.82, 2.24) is 0 Å². The van der Waals surface area contributed by atoms with Gasteiger partial charge in [0.05, 0.1) is 0 Å². The van der Waals surface area contributed by atoms with Crippen LogP contribution >= 0.6 is 0 Å². The van der Waals surface area contributed by atoms with Gasteiger partial charge in [0, 0.05) is 19.3 Å². The number of esters is 3. The lowest BCUT2D eigenvalue weighted by Crippen LogP contribution is -2.30. The zero-order valence-corrected chi connectivity index (χ0v) is 38.1. The predicted molar refractivity (Wildman–Crippen MR) is 243 cm³/mol. The van der Waals surface area contributed by atoms with E-state index < -0.39 is 6.10 Å². The van der Waals surface area contributed by atoms with Crippen molar-refractivity contribution in [3.63, 3.8) is 0 Å². The maximum atomic E-state index is 12.7. The summed E-state index contributed by atoms with van der Waals surface area (Å²) in [7, 11) is 0. The molecule has 0 rings (SSSR count). The van der Waals surface area contributed by atoms with E-state index in [1.807, 2.05) is 6.08 Å². The molecule has 0 aromatic rings. The Kier molecular flexibility index (Phi) is 44.9. The molecule has 334 valence electrons. The first-order valence-electron chi connectivity index (χ1n) is 24.8. The highest BCUT2D eigenvalue weighted by Gasteiger charge is 2.19. The molecule has 0 saturated carbocycles. The minimum atomic E-state index is -0.794. The molecule has 1 atom stereocenters. The van der Waals surface area contributed by atoms with Crippen LogP contribution in [0.1, 0.15) is 265 Å². The third kappa shape index (κ3) is 44.8. The molecular formula is C51H94O6. The molecule has 0 spiro atoms. The molecule has 0 aromatic heterocycles. The Labute approximate surface area is 353 Å². The van der Waals surface area contributed by atoms with Gasteiger partial charge in [0.2, 0.25) is 0 Å². The Balaban J connectivity index is 4.33. The molecule has 0 aromatic carbocycles. The van der Waals surface area contributed by atoms with E-state index in [2.05, 4.69) is 39.0 Å². The maximum absolute atomic E-state index is 12.7. The fourth-order valence-electron chi connectivity index (χ4n) is 7.20. The number of allylic oxidation sites excluding steroid dienone is 4. The molecule has 0 bridgehead atoms. The number of carbonyl (C=O) groups is 3. The van der Waals surface area contributed by atoms with Gasteiger partial charge in [0.15, 0.2) is 6.10 Å². The Morgan fingerprint density at radius 2 is 0.667 bits per heavy atom. The summed E-state index contributed by atoms with van der Waals surface area (Å²) in [5.41, 5.74) is 0. The summed E-state index contributed by atoms with van der Waals surface area (Å²) in [5.74, 6) is -0.950. The van der Waals surface area contributed by atoms with E-state index in [4.69, 9.17) is 14.2 Å². The number of hydrogen-bond donors (Lipinski definition) is 0. The van der Waals surface area contributed by atoms with E-state index in [0.29, 0.717) is 19.3 Å². The van der Waals surface area contributed by atoms with Crippen molar-refractivity contribution in [3.8, 4) is 0 Å². The largest absolute Gasteiger partial charge is 0.462 e. The van der Waals surface area contributed by atoms with Crippen LogP contribution in [0, 0.1) is 0 Å². The number of unbranched alkanes of at least 4 members (excludes halogenated alkanes) is 30. The van der Waals surface area contributed by atoms with Gasteiger partial charge in [-0.15, -0.1) is 0 Å². The summed E-state index contributed by atoms with van der Waals surface area (Å²) >= 11 is 0. The molecule has 0 aliphatic heterocycles. The highest BCUT2D eigenvalue weighted by atomic mass is 16.6. The van der Waals surface area contributed by atoms with E-state index in [1.54, 1.807) is 0 Å². The van der Waals surface area contributed by atoms with Gasteiger partial charge >= 0.3 is 17.9 Å². The van der Waals surface area contributed by atoms with Gasteiger partial charge in [-0.25, -0.2) is 0 Å². The van der Waals surface area contributed by atoms with Gasteiger partial charge in [0.25, 0.3) is 0 Å². The second kappa shape index (κ2) is 46.6. The molecule has 6 nitrogen and oxygen atoms in total. The van der Waals surface area contributed by atoms with E-state index in [0.717, 1.165) is 51.4 Å². The van der Waals surface area contributed by atoms with Crippen molar-refractivity contribution >= 4 is 17.9 Å². The SMILES string of the molecule is CCCCCCCC/C=C\C/C=C\CCC(=O)OC(COC(=O)CCCCCCCCCCC)COC(=O)CCCCCCCCCCCCCCCCCCC. The van der Waals surface area contributed by atoms with Crippen molar-refractivity contribution in [3.05, 3.63) is 24.3 Å². The summed E-state index contributed by atoms with van der Waals surface area (Å²) in [4.78, 5) is 37.7. The minimum absolute atomic E-state index is 0.0892. The van der Waals surface area contributed by atoms with Gasteiger partial charge in [-0.05, 0) is 38.5 Å². The maximum Gasteiger partial charge on any atom is 0.306 e. The third-order valence-corrected chi connectivity index (χ3v) is 11.0. The van der Waals surface area contributed by atoms with Crippen LogP contribution in [0.25, 0.3) is 0 Å². The highest BCUT2D eigenvalue weighted by molar-refractivity contribution is 5.71. The molecule has 0 aliphatic rings. The predicted octanol–water partition coefficient (Wildman–Crippen LogP) is 16.0. The van der Waals surface area contributed by atoms with Gasteiger partial charge in [0.1, 0.15) is 13.2 Å². The molecule has 0 heterocycles. The lowest BCUT2D eigenvalue weighted by Gasteiger charge is -2.18. The van der Waals surface area contributed by atoms with E-state index >= 15 is 0 Å². The third-order valence-electron chi connectivity index (χ3n) is 11.0. The average molecular weight is 803 g/mol. The topological polar surface area (TPSA) is 78.9 Å². The minimum Gasteiger partial charge on any atom is -0.462 e. The monoisotopic (exact) mass is 803 g/mol. The van der Waals surface area contributed by atoms with Gasteiger partial charge in [-0.3, -0.25) is 14.4 Å². The molecule has 0 saturated heterocycles. The quantitative estimate of drug-likeness (QED) is 0.0264. The lowest BCUT2D eigenvalue weighted by atomic mass is 10.0. The first-order valence-corrected chi connectivity index (χ1v) is 24.8. The Bertz CT molecular complexity index is 927. The van der Waals surface area contributed by atoms with E-state index in [9.17, 15) is 14.4 Å². The van der Waals surface area contributed by atoms with Gasteiger partial charge in [-0.2, -0.15) is 0 Å². The molecule has 57 heavy (non-hydrogen) atoms. The summed E-state index contributed by atoms with van der Waals surface area (Å²) < 4.78 is 16.7. The Hall–Kier alpha value is -2.11. The van der Waals surface area contributed by atoms with Crippen LogP contribution in [0.4, 0.5) is 0 Å². The number of rotatable bonds is 45. The molecular weight excluding hydrogens is 709 g/mol. The normalized spacial score (nSPS) is 12.1. The zero-order valence-electron chi connectivity index (χ0n) is 38.1. The smallest absolute Gasteiger partial charge is 0.306 e. The molecule has 0 aliphatic carbocycles. The standard InChI is InChI=1S/C51H94O6/c1-4-7-10-13-16-19-21-23-24-25-26-28-29-32-35-38-41-44-50(53)56-47-48(46-55-49(52)43-40-37-34-31-18-15-12-9-6-3)57-51(54)45-42-39-36-33-30-27-22-20-17-14-11-8-5-2/h27,30,36,39,48H,4-26,28-29,31-35,37-38,40-47H2,1-3H3/b30-27-,39-36-. The van der Waals surface area contributed by atoms with Crippen LogP contribution < -0.4 is 0 Å². The van der Waals surface area contributed by atoms with Crippen LogP contribution in [0.5, 0.6) is 0 Å². The summed E-state index contributed by atoms with van der Waals surface area (Å²) in [5, 5.41) is 0. The zero-order chi connectivity index (χ0) is 41.5.